The highest BCUT2D eigenvalue weighted by molar-refractivity contribution is 7.85. The van der Waals surface area contributed by atoms with Gasteiger partial charge in [0, 0.05) is 0 Å². The van der Waals surface area contributed by atoms with Crippen molar-refractivity contribution in [2.75, 3.05) is 0 Å². The molecule has 10 heteroatoms. The maximum Gasteiger partial charge on any atom is 0.317 e. The molecule has 0 atom stereocenters. The van der Waals surface area contributed by atoms with Crippen molar-refractivity contribution < 1.29 is 40.1 Å². The second kappa shape index (κ2) is 5.91. The molecule has 0 amide bonds. The first kappa shape index (κ1) is 18.7. The van der Waals surface area contributed by atoms with Gasteiger partial charge < -0.3 is 4.74 Å². The van der Waals surface area contributed by atoms with Gasteiger partial charge >= 0.3 is 16.1 Å². The van der Waals surface area contributed by atoms with Crippen LogP contribution in [0, 0.1) is 46.4 Å². The first-order valence-electron chi connectivity index (χ1n) is 8.57. The zero-order chi connectivity index (χ0) is 19.7. The lowest BCUT2D eigenvalue weighted by atomic mass is 9.49. The second-order valence-electron chi connectivity index (χ2n) is 7.98. The highest BCUT2D eigenvalue weighted by atomic mass is 32.2. The summed E-state index contributed by atoms with van der Waals surface area (Å²) in [6.07, 6.45) is 4.45. The molecule has 0 heterocycles. The number of benzene rings is 1. The average Bonchev–Trinajstić information content (AvgIpc) is 2.54. The van der Waals surface area contributed by atoms with Crippen LogP contribution in [0.15, 0.2) is 4.90 Å². The van der Waals surface area contributed by atoms with Gasteiger partial charge in [0.05, 0.1) is 5.41 Å². The Morgan fingerprint density at radius 1 is 0.889 bits per heavy atom. The molecule has 27 heavy (non-hydrogen) atoms. The number of carbonyl (C=O) groups is 1. The first-order valence-corrected chi connectivity index (χ1v) is 10.0. The maximum atomic E-state index is 14.1. The van der Waals surface area contributed by atoms with Crippen molar-refractivity contribution >= 4 is 16.1 Å². The van der Waals surface area contributed by atoms with Gasteiger partial charge in [0.1, 0.15) is 0 Å². The third kappa shape index (κ3) is 2.84. The van der Waals surface area contributed by atoms with Crippen LogP contribution < -0.4 is 4.74 Å². The summed E-state index contributed by atoms with van der Waals surface area (Å²) in [6.45, 7) is 0. The molecular formula is C17H16F4O5S. The Balaban J connectivity index is 1.70. The summed E-state index contributed by atoms with van der Waals surface area (Å²) >= 11 is 0. The van der Waals surface area contributed by atoms with E-state index < -0.39 is 55.4 Å². The molecule has 4 fully saturated rings. The molecule has 0 aromatic heterocycles. The minimum absolute atomic E-state index is 0.314. The largest absolute Gasteiger partial charge is 0.420 e. The van der Waals surface area contributed by atoms with Gasteiger partial charge in [0.2, 0.25) is 17.4 Å². The van der Waals surface area contributed by atoms with E-state index in [1.165, 1.54) is 0 Å². The monoisotopic (exact) mass is 408 g/mol. The maximum absolute atomic E-state index is 14.1. The van der Waals surface area contributed by atoms with Crippen LogP contribution in [0.5, 0.6) is 5.75 Å². The summed E-state index contributed by atoms with van der Waals surface area (Å²) < 4.78 is 91.5. The fourth-order valence-electron chi connectivity index (χ4n) is 5.47. The van der Waals surface area contributed by atoms with E-state index >= 15 is 0 Å². The summed E-state index contributed by atoms with van der Waals surface area (Å²) in [7, 11) is -5.56. The normalized spacial score (nSPS) is 32.0. The van der Waals surface area contributed by atoms with Crippen LogP contribution in [0.3, 0.4) is 0 Å². The number of carbonyl (C=O) groups excluding carboxylic acids is 1. The molecule has 148 valence electrons. The van der Waals surface area contributed by atoms with Gasteiger partial charge in [-0.3, -0.25) is 9.35 Å². The van der Waals surface area contributed by atoms with Crippen LogP contribution in [-0.4, -0.2) is 18.9 Å². The Hall–Kier alpha value is -1.68. The lowest BCUT2D eigenvalue weighted by Crippen LogP contribution is -2.51. The Morgan fingerprint density at radius 3 is 1.67 bits per heavy atom. The van der Waals surface area contributed by atoms with Crippen LogP contribution in [0.2, 0.25) is 0 Å². The molecule has 0 saturated heterocycles. The van der Waals surface area contributed by atoms with Gasteiger partial charge in [-0.25, -0.2) is 8.78 Å². The molecule has 0 aliphatic heterocycles. The number of hydrogen-bond acceptors (Lipinski definition) is 4. The summed E-state index contributed by atoms with van der Waals surface area (Å²) in [5.41, 5.74) is -0.942. The third-order valence-electron chi connectivity index (χ3n) is 6.11. The summed E-state index contributed by atoms with van der Waals surface area (Å²) in [6, 6.07) is 0. The smallest absolute Gasteiger partial charge is 0.317 e. The molecule has 0 spiro atoms. The third-order valence-corrected chi connectivity index (χ3v) is 6.98. The van der Waals surface area contributed by atoms with E-state index in [9.17, 15) is 30.8 Å². The standard InChI is InChI=1S/C17H16F4O5S/c18-10-12(20)15(27(23,24)25)13(21)11(19)14(10)26-16(22)17-4-7-1-8(5-17)3-9(2-7)6-17/h7-9H,1-6H2,(H,23,24,25). The van der Waals surface area contributed by atoms with Crippen molar-refractivity contribution in [1.82, 2.24) is 0 Å². The van der Waals surface area contributed by atoms with Crippen molar-refractivity contribution in [1.29, 1.82) is 0 Å². The minimum Gasteiger partial charge on any atom is -0.420 e. The lowest BCUT2D eigenvalue weighted by Gasteiger charge is -2.55. The molecule has 0 radical (unpaired) electrons. The molecule has 1 aromatic carbocycles. The number of halogens is 4. The fourth-order valence-corrected chi connectivity index (χ4v) is 6.10. The van der Waals surface area contributed by atoms with Gasteiger partial charge in [0.25, 0.3) is 0 Å². The van der Waals surface area contributed by atoms with E-state index in [0.717, 1.165) is 19.3 Å². The number of rotatable bonds is 3. The lowest BCUT2D eigenvalue weighted by molar-refractivity contribution is -0.162. The summed E-state index contributed by atoms with van der Waals surface area (Å²) in [5.74, 6) is -10.7. The fraction of sp³-hybridized carbons (Fsp3) is 0.588. The molecular weight excluding hydrogens is 392 g/mol. The Labute approximate surface area is 152 Å². The van der Waals surface area contributed by atoms with E-state index in [-0.39, 0.29) is 0 Å². The SMILES string of the molecule is O=C(Oc1c(F)c(F)c(S(=O)(=O)O)c(F)c1F)C12CC3CC(CC(C3)C1)C2. The summed E-state index contributed by atoms with van der Waals surface area (Å²) in [5, 5.41) is 0. The van der Waals surface area contributed by atoms with Gasteiger partial charge in [-0.15, -0.1) is 0 Å². The Kier molecular flexibility index (Phi) is 4.08. The van der Waals surface area contributed by atoms with E-state index in [4.69, 9.17) is 9.29 Å². The average molecular weight is 408 g/mol. The molecule has 0 unspecified atom stereocenters. The van der Waals surface area contributed by atoms with Gasteiger partial charge in [-0.05, 0) is 56.3 Å². The predicted octanol–water partition coefficient (Wildman–Crippen LogP) is 3.61. The van der Waals surface area contributed by atoms with E-state index in [1.54, 1.807) is 0 Å². The van der Waals surface area contributed by atoms with Crippen molar-refractivity contribution in [3.05, 3.63) is 23.3 Å². The number of ether oxygens (including phenoxy) is 1. The van der Waals surface area contributed by atoms with E-state index in [1.807, 2.05) is 0 Å². The van der Waals surface area contributed by atoms with Gasteiger partial charge in [-0.2, -0.15) is 17.2 Å². The van der Waals surface area contributed by atoms with Crippen LogP contribution in [0.1, 0.15) is 38.5 Å². The highest BCUT2D eigenvalue weighted by Gasteiger charge is 2.56. The topological polar surface area (TPSA) is 80.7 Å². The zero-order valence-electron chi connectivity index (χ0n) is 14.0. The van der Waals surface area contributed by atoms with Crippen molar-refractivity contribution in [2.45, 2.75) is 43.4 Å². The predicted molar refractivity (Wildman–Crippen MR) is 82.3 cm³/mol. The van der Waals surface area contributed by atoms with Gasteiger partial charge in [0.15, 0.2) is 16.5 Å². The van der Waals surface area contributed by atoms with Gasteiger partial charge in [-0.1, -0.05) is 0 Å². The van der Waals surface area contributed by atoms with Crippen LogP contribution in [-0.2, 0) is 14.9 Å². The molecule has 4 saturated carbocycles. The van der Waals surface area contributed by atoms with Crippen molar-refractivity contribution in [2.24, 2.45) is 23.2 Å². The first-order chi connectivity index (χ1) is 12.5. The summed E-state index contributed by atoms with van der Waals surface area (Å²) in [4.78, 5) is 10.5. The highest BCUT2D eigenvalue weighted by Crippen LogP contribution is 2.60. The van der Waals surface area contributed by atoms with E-state index in [2.05, 4.69) is 0 Å². The number of hydrogen-bond donors (Lipinski definition) is 1. The minimum atomic E-state index is -5.56. The molecule has 5 rings (SSSR count). The molecule has 4 bridgehead atoms. The second-order valence-corrected chi connectivity index (χ2v) is 9.34. The van der Waals surface area contributed by atoms with Crippen LogP contribution in [0.25, 0.3) is 0 Å². The molecule has 5 nitrogen and oxygen atoms in total. The van der Waals surface area contributed by atoms with Crippen LogP contribution >= 0.6 is 0 Å². The quantitative estimate of drug-likeness (QED) is 0.272. The number of esters is 1. The van der Waals surface area contributed by atoms with E-state index in [0.29, 0.717) is 37.0 Å². The zero-order valence-corrected chi connectivity index (χ0v) is 14.8. The Bertz CT molecular complexity index is 879. The Morgan fingerprint density at radius 2 is 1.30 bits per heavy atom. The molecule has 1 aromatic rings. The molecule has 4 aliphatic rings. The molecule has 1 N–H and O–H groups in total. The molecule has 4 aliphatic carbocycles. The van der Waals surface area contributed by atoms with Crippen molar-refractivity contribution in [3.63, 3.8) is 0 Å². The van der Waals surface area contributed by atoms with Crippen molar-refractivity contribution in [3.8, 4) is 5.75 Å². The van der Waals surface area contributed by atoms with Crippen LogP contribution in [0.4, 0.5) is 17.6 Å².